The summed E-state index contributed by atoms with van der Waals surface area (Å²) in [5.41, 5.74) is -1.02. The van der Waals surface area contributed by atoms with Gasteiger partial charge >= 0.3 is 24.8 Å². The fraction of sp³-hybridized carbons (Fsp3) is 0.833. The number of carbonyl (C=O) groups is 1. The molecule has 0 aromatic heterocycles. The number of hydrogen-bond acceptors (Lipinski definition) is 3. The Bertz CT molecular complexity index is 325. The molecule has 0 spiro atoms. The van der Waals surface area contributed by atoms with Crippen molar-refractivity contribution in [3.63, 3.8) is 0 Å². The van der Waals surface area contributed by atoms with E-state index in [0.717, 1.165) is 0 Å². The minimum Gasteiger partial charge on any atom is -1.00 e. The standard InChI is InChI=1S/C6H14O5SSi.Li.H/c1-5(2,3)6(13,4(7)8)12(9,10)11;;/h1-3,13H3,(H,7,8)(H,9,10,11);;/q;+1;-1. The summed E-state index contributed by atoms with van der Waals surface area (Å²) in [4.78, 5) is 10.8. The molecule has 0 aromatic rings. The van der Waals surface area contributed by atoms with E-state index in [2.05, 4.69) is 0 Å². The second-order valence-electron chi connectivity index (χ2n) is 4.06. The summed E-state index contributed by atoms with van der Waals surface area (Å²) in [6, 6.07) is 0. The van der Waals surface area contributed by atoms with Crippen LogP contribution >= 0.6 is 0 Å². The first-order valence-electron chi connectivity index (χ1n) is 3.65. The molecule has 0 radical (unpaired) electrons. The van der Waals surface area contributed by atoms with Crippen LogP contribution in [-0.2, 0) is 14.9 Å². The Morgan fingerprint density at radius 2 is 1.64 bits per heavy atom. The minimum absolute atomic E-state index is 0. The van der Waals surface area contributed by atoms with Crippen LogP contribution in [0.3, 0.4) is 0 Å². The molecule has 0 amide bonds. The SMILES string of the molecule is CC(C)(C)C([SiH3])(C(=O)O)S(=O)(=O)O.[H-].[Li+]. The topological polar surface area (TPSA) is 91.7 Å². The van der Waals surface area contributed by atoms with Crippen molar-refractivity contribution in [3.05, 3.63) is 0 Å². The molecule has 14 heavy (non-hydrogen) atoms. The van der Waals surface area contributed by atoms with E-state index in [1.165, 1.54) is 20.8 Å². The Kier molecular flexibility index (Phi) is 5.18. The van der Waals surface area contributed by atoms with Gasteiger partial charge in [0.2, 0.25) is 0 Å². The Hall–Kier alpha value is 0.194. The van der Waals surface area contributed by atoms with Crippen LogP contribution in [-0.4, -0.2) is 38.7 Å². The molecule has 0 aromatic carbocycles. The van der Waals surface area contributed by atoms with Crippen molar-refractivity contribution in [1.29, 1.82) is 0 Å². The number of aliphatic carboxylic acids is 1. The number of carboxylic acid groups (broad SMARTS) is 1. The van der Waals surface area contributed by atoms with Crippen LogP contribution in [0.2, 0.25) is 0 Å². The van der Waals surface area contributed by atoms with E-state index in [1.807, 2.05) is 0 Å². The molecule has 1 unspecified atom stereocenters. The zero-order chi connectivity index (χ0) is 11.1. The third-order valence-electron chi connectivity index (χ3n) is 2.36. The van der Waals surface area contributed by atoms with Gasteiger partial charge in [0, 0.05) is 10.2 Å². The molecule has 0 heterocycles. The third kappa shape index (κ3) is 2.61. The van der Waals surface area contributed by atoms with Gasteiger partial charge in [0.25, 0.3) is 10.1 Å². The molecular weight excluding hydrogens is 219 g/mol. The summed E-state index contributed by atoms with van der Waals surface area (Å²) in [6.45, 7) is 4.42. The number of rotatable bonds is 2. The average Bonchev–Trinajstić information content (AvgIpc) is 1.80. The second kappa shape index (κ2) is 4.37. The molecule has 1 atom stereocenters. The molecule has 0 fully saturated rings. The van der Waals surface area contributed by atoms with Crippen LogP contribution in [0.25, 0.3) is 0 Å². The van der Waals surface area contributed by atoms with Crippen molar-refractivity contribution >= 4 is 26.3 Å². The average molecular weight is 234 g/mol. The zero-order valence-corrected chi connectivity index (χ0v) is 11.8. The van der Waals surface area contributed by atoms with Gasteiger partial charge < -0.3 is 6.53 Å². The molecule has 0 aliphatic rings. The molecule has 0 aliphatic heterocycles. The summed E-state index contributed by atoms with van der Waals surface area (Å²) < 4.78 is 28.7. The quantitative estimate of drug-likeness (QED) is 0.377. The maximum atomic E-state index is 11.0. The fourth-order valence-electron chi connectivity index (χ4n) is 0.818. The molecule has 0 saturated heterocycles. The maximum Gasteiger partial charge on any atom is 1.00 e. The van der Waals surface area contributed by atoms with Gasteiger partial charge in [-0.15, -0.1) is 0 Å². The molecule has 2 N–H and O–H groups in total. The van der Waals surface area contributed by atoms with Crippen molar-refractivity contribution < 1.29 is 43.2 Å². The summed E-state index contributed by atoms with van der Waals surface area (Å²) in [5, 5.41) is 8.80. The molecule has 0 saturated carbocycles. The van der Waals surface area contributed by atoms with E-state index < -0.39 is 25.9 Å². The van der Waals surface area contributed by atoms with Crippen LogP contribution in [0.5, 0.6) is 0 Å². The third-order valence-corrected chi connectivity index (χ3v) is 7.65. The van der Waals surface area contributed by atoms with E-state index in [9.17, 15) is 13.2 Å². The number of hydrogen-bond donors (Lipinski definition) is 2. The van der Waals surface area contributed by atoms with E-state index in [1.54, 1.807) is 0 Å². The van der Waals surface area contributed by atoms with Crippen molar-refractivity contribution in [2.45, 2.75) is 25.1 Å². The summed E-state index contributed by atoms with van der Waals surface area (Å²) >= 11 is 0. The Balaban J connectivity index is -0.000000720. The largest absolute Gasteiger partial charge is 1.00 e. The van der Waals surface area contributed by atoms with Crippen LogP contribution < -0.4 is 18.9 Å². The summed E-state index contributed by atoms with van der Waals surface area (Å²) in [5.74, 6) is -1.49. The van der Waals surface area contributed by atoms with Crippen LogP contribution in [0, 0.1) is 5.41 Å². The maximum absolute atomic E-state index is 11.0. The van der Waals surface area contributed by atoms with E-state index >= 15 is 0 Å². The Labute approximate surface area is 100 Å². The van der Waals surface area contributed by atoms with Gasteiger partial charge in [-0.3, -0.25) is 9.35 Å². The van der Waals surface area contributed by atoms with Crippen LogP contribution in [0.15, 0.2) is 0 Å². The molecule has 5 nitrogen and oxygen atoms in total. The van der Waals surface area contributed by atoms with Gasteiger partial charge in [-0.05, 0) is 5.41 Å². The van der Waals surface area contributed by atoms with Crippen LogP contribution in [0.1, 0.15) is 22.2 Å². The van der Waals surface area contributed by atoms with E-state index in [0.29, 0.717) is 0 Å². The molecular formula is C6H15LiO5SSi. The smallest absolute Gasteiger partial charge is 1.00 e. The van der Waals surface area contributed by atoms with Crippen molar-refractivity contribution in [2.75, 3.05) is 0 Å². The predicted octanol–water partition coefficient (Wildman–Crippen LogP) is -3.82. The Morgan fingerprint density at radius 1 is 1.36 bits per heavy atom. The molecule has 0 bridgehead atoms. The summed E-state index contributed by atoms with van der Waals surface area (Å²) in [6.07, 6.45) is 0. The Morgan fingerprint density at radius 3 is 1.64 bits per heavy atom. The van der Waals surface area contributed by atoms with Crippen molar-refractivity contribution in [2.24, 2.45) is 5.41 Å². The monoisotopic (exact) mass is 234 g/mol. The van der Waals surface area contributed by atoms with Gasteiger partial charge in [0.1, 0.15) is 0 Å². The first-order chi connectivity index (χ1) is 5.44. The van der Waals surface area contributed by atoms with Crippen molar-refractivity contribution in [1.82, 2.24) is 0 Å². The first kappa shape index (κ1) is 16.6. The molecule has 0 rings (SSSR count). The van der Waals surface area contributed by atoms with Gasteiger partial charge in [-0.2, -0.15) is 8.42 Å². The minimum atomic E-state index is -4.56. The normalized spacial score (nSPS) is 16.9. The number of carboxylic acids is 1. The van der Waals surface area contributed by atoms with E-state index in [-0.39, 0.29) is 30.5 Å². The van der Waals surface area contributed by atoms with Gasteiger partial charge in [-0.1, -0.05) is 20.8 Å². The zero-order valence-electron chi connectivity index (χ0n) is 10.0. The van der Waals surface area contributed by atoms with Gasteiger partial charge in [0.15, 0.2) is 4.37 Å². The van der Waals surface area contributed by atoms with Crippen molar-refractivity contribution in [3.8, 4) is 0 Å². The van der Waals surface area contributed by atoms with Gasteiger partial charge in [0.05, 0.1) is 0 Å². The fourth-order valence-corrected chi connectivity index (χ4v) is 1.81. The van der Waals surface area contributed by atoms with Gasteiger partial charge in [-0.25, -0.2) is 0 Å². The predicted molar refractivity (Wildman–Crippen MR) is 52.4 cm³/mol. The summed E-state index contributed by atoms with van der Waals surface area (Å²) in [7, 11) is -4.73. The molecule has 80 valence electrons. The molecule has 8 heteroatoms. The van der Waals surface area contributed by atoms with Crippen LogP contribution in [0.4, 0.5) is 0 Å². The van der Waals surface area contributed by atoms with E-state index in [4.69, 9.17) is 9.66 Å². The second-order valence-corrected chi connectivity index (χ2v) is 8.05. The molecule has 0 aliphatic carbocycles. The first-order valence-corrected chi connectivity index (χ1v) is 6.09.